The molecule has 0 aromatic heterocycles. The number of benzene rings is 2. The molecule has 0 radical (unpaired) electrons. The first-order chi connectivity index (χ1) is 9.65. The third kappa shape index (κ3) is 2.25. The number of nitrogens with one attached hydrogen (secondary N) is 1. The summed E-state index contributed by atoms with van der Waals surface area (Å²) in [6.07, 6.45) is 1.84. The number of nitro groups is 1. The van der Waals surface area contributed by atoms with E-state index < -0.39 is 0 Å². The highest BCUT2D eigenvalue weighted by Gasteiger charge is 2.24. The van der Waals surface area contributed by atoms with E-state index in [4.69, 9.17) is 0 Å². The summed E-state index contributed by atoms with van der Waals surface area (Å²) in [6, 6.07) is 13.7. The zero-order valence-electron chi connectivity index (χ0n) is 11.3. The molecule has 0 saturated heterocycles. The van der Waals surface area contributed by atoms with E-state index in [2.05, 4.69) is 17.4 Å². The largest absolute Gasteiger partial charge is 0.376 e. The van der Waals surface area contributed by atoms with Gasteiger partial charge in [-0.25, -0.2) is 0 Å². The van der Waals surface area contributed by atoms with E-state index in [0.717, 1.165) is 18.4 Å². The quantitative estimate of drug-likeness (QED) is 0.685. The van der Waals surface area contributed by atoms with Gasteiger partial charge in [-0.05, 0) is 36.5 Å². The molecule has 0 saturated carbocycles. The highest BCUT2D eigenvalue weighted by Crippen LogP contribution is 2.31. The zero-order chi connectivity index (χ0) is 14.1. The van der Waals surface area contributed by atoms with Crippen LogP contribution in [-0.2, 0) is 12.8 Å². The average Bonchev–Trinajstić information content (AvgIpc) is 2.83. The van der Waals surface area contributed by atoms with Crippen LogP contribution in [0.1, 0.15) is 16.7 Å². The molecule has 1 aliphatic carbocycles. The van der Waals surface area contributed by atoms with Crippen molar-refractivity contribution in [3.63, 3.8) is 0 Å². The maximum Gasteiger partial charge on any atom is 0.292 e. The van der Waals surface area contributed by atoms with Crippen molar-refractivity contribution in [3.8, 4) is 0 Å². The fraction of sp³-hybridized carbons (Fsp3) is 0.250. The smallest absolute Gasteiger partial charge is 0.292 e. The van der Waals surface area contributed by atoms with Crippen LogP contribution < -0.4 is 5.32 Å². The van der Waals surface area contributed by atoms with Gasteiger partial charge in [0.25, 0.3) is 5.69 Å². The van der Waals surface area contributed by atoms with Crippen LogP contribution in [0.2, 0.25) is 0 Å². The summed E-state index contributed by atoms with van der Waals surface area (Å²) < 4.78 is 0. The second-order valence-corrected chi connectivity index (χ2v) is 5.24. The Morgan fingerprint density at radius 2 is 1.75 bits per heavy atom. The third-order valence-corrected chi connectivity index (χ3v) is 3.85. The molecule has 0 unspecified atom stereocenters. The lowest BCUT2D eigenvalue weighted by molar-refractivity contribution is -0.384. The number of hydrogen-bond donors (Lipinski definition) is 1. The SMILES string of the molecule is Cc1cccc([N+](=O)[O-])c1NC1Cc2ccccc2C1. The Morgan fingerprint density at radius 1 is 1.10 bits per heavy atom. The first-order valence-corrected chi connectivity index (χ1v) is 6.72. The lowest BCUT2D eigenvalue weighted by atomic mass is 10.1. The number of rotatable bonds is 3. The second-order valence-electron chi connectivity index (χ2n) is 5.24. The van der Waals surface area contributed by atoms with Crippen molar-refractivity contribution < 1.29 is 4.92 Å². The van der Waals surface area contributed by atoms with E-state index in [1.165, 1.54) is 11.1 Å². The van der Waals surface area contributed by atoms with Gasteiger partial charge < -0.3 is 5.32 Å². The number of nitro benzene ring substituents is 1. The molecular weight excluding hydrogens is 252 g/mol. The molecule has 4 heteroatoms. The molecule has 4 nitrogen and oxygen atoms in total. The molecule has 0 fully saturated rings. The number of fused-ring (bicyclic) bond motifs is 1. The Morgan fingerprint density at radius 3 is 2.35 bits per heavy atom. The van der Waals surface area contributed by atoms with Crippen molar-refractivity contribution in [2.24, 2.45) is 0 Å². The standard InChI is InChI=1S/C16H16N2O2/c1-11-5-4-8-15(18(19)20)16(11)17-14-9-12-6-2-3-7-13(12)10-14/h2-8,14,17H,9-10H2,1H3. The molecule has 0 bridgehead atoms. The maximum absolute atomic E-state index is 11.1. The molecule has 0 spiro atoms. The normalized spacial score (nSPS) is 14.1. The molecule has 2 aromatic carbocycles. The van der Waals surface area contributed by atoms with Gasteiger partial charge in [-0.15, -0.1) is 0 Å². The molecular formula is C16H16N2O2. The van der Waals surface area contributed by atoms with Crippen LogP contribution in [0.4, 0.5) is 11.4 Å². The van der Waals surface area contributed by atoms with Crippen LogP contribution in [0, 0.1) is 17.0 Å². The summed E-state index contributed by atoms with van der Waals surface area (Å²) in [4.78, 5) is 10.8. The Balaban J connectivity index is 1.85. The number of anilines is 1. The number of para-hydroxylation sites is 1. The van der Waals surface area contributed by atoms with Crippen LogP contribution in [0.25, 0.3) is 0 Å². The van der Waals surface area contributed by atoms with Gasteiger partial charge in [0, 0.05) is 12.1 Å². The Kier molecular flexibility index (Phi) is 3.14. The fourth-order valence-corrected chi connectivity index (χ4v) is 2.86. The summed E-state index contributed by atoms with van der Waals surface area (Å²) in [7, 11) is 0. The van der Waals surface area contributed by atoms with E-state index >= 15 is 0 Å². The van der Waals surface area contributed by atoms with Crippen molar-refractivity contribution in [2.45, 2.75) is 25.8 Å². The van der Waals surface area contributed by atoms with E-state index in [1.54, 1.807) is 12.1 Å². The predicted octanol–water partition coefficient (Wildman–Crippen LogP) is 3.48. The second kappa shape index (κ2) is 4.96. The molecule has 0 aliphatic heterocycles. The van der Waals surface area contributed by atoms with Gasteiger partial charge in [0.2, 0.25) is 0 Å². The Labute approximate surface area is 117 Å². The minimum Gasteiger partial charge on any atom is -0.376 e. The van der Waals surface area contributed by atoms with Gasteiger partial charge >= 0.3 is 0 Å². The first kappa shape index (κ1) is 12.7. The third-order valence-electron chi connectivity index (χ3n) is 3.85. The number of nitrogens with zero attached hydrogens (tertiary/aromatic N) is 1. The van der Waals surface area contributed by atoms with Crippen molar-refractivity contribution in [2.75, 3.05) is 5.32 Å². The van der Waals surface area contributed by atoms with Crippen molar-refractivity contribution in [1.82, 2.24) is 0 Å². The first-order valence-electron chi connectivity index (χ1n) is 6.72. The van der Waals surface area contributed by atoms with E-state index in [9.17, 15) is 10.1 Å². The summed E-state index contributed by atoms with van der Waals surface area (Å²) in [5.74, 6) is 0. The molecule has 3 rings (SSSR count). The minimum atomic E-state index is -0.322. The van der Waals surface area contributed by atoms with Crippen molar-refractivity contribution in [1.29, 1.82) is 0 Å². The average molecular weight is 268 g/mol. The molecule has 20 heavy (non-hydrogen) atoms. The van der Waals surface area contributed by atoms with Gasteiger partial charge in [-0.2, -0.15) is 0 Å². The molecule has 0 heterocycles. The molecule has 1 aliphatic rings. The van der Waals surface area contributed by atoms with Crippen LogP contribution in [0.5, 0.6) is 0 Å². The van der Waals surface area contributed by atoms with Gasteiger partial charge in [0.05, 0.1) is 4.92 Å². The van der Waals surface area contributed by atoms with Crippen LogP contribution in [0.15, 0.2) is 42.5 Å². The van der Waals surface area contributed by atoms with E-state index in [-0.39, 0.29) is 16.7 Å². The number of hydrogen-bond acceptors (Lipinski definition) is 3. The zero-order valence-corrected chi connectivity index (χ0v) is 11.3. The van der Waals surface area contributed by atoms with Gasteiger partial charge in [-0.3, -0.25) is 10.1 Å². The number of aryl methyl sites for hydroxylation is 1. The molecule has 2 aromatic rings. The van der Waals surface area contributed by atoms with Crippen LogP contribution >= 0.6 is 0 Å². The Bertz CT molecular complexity index is 642. The molecule has 0 amide bonds. The molecule has 1 N–H and O–H groups in total. The summed E-state index contributed by atoms with van der Waals surface area (Å²) in [6.45, 7) is 1.90. The van der Waals surface area contributed by atoms with Crippen LogP contribution in [-0.4, -0.2) is 11.0 Å². The molecule has 102 valence electrons. The lowest BCUT2D eigenvalue weighted by Gasteiger charge is -2.15. The monoisotopic (exact) mass is 268 g/mol. The Hall–Kier alpha value is -2.36. The molecule has 0 atom stereocenters. The van der Waals surface area contributed by atoms with Gasteiger partial charge in [0.1, 0.15) is 5.69 Å². The minimum absolute atomic E-state index is 0.154. The summed E-state index contributed by atoms with van der Waals surface area (Å²) >= 11 is 0. The van der Waals surface area contributed by atoms with Crippen molar-refractivity contribution >= 4 is 11.4 Å². The topological polar surface area (TPSA) is 55.2 Å². The van der Waals surface area contributed by atoms with E-state index in [0.29, 0.717) is 5.69 Å². The fourth-order valence-electron chi connectivity index (χ4n) is 2.86. The van der Waals surface area contributed by atoms with E-state index in [1.807, 2.05) is 25.1 Å². The maximum atomic E-state index is 11.1. The van der Waals surface area contributed by atoms with Crippen molar-refractivity contribution in [3.05, 3.63) is 69.3 Å². The highest BCUT2D eigenvalue weighted by atomic mass is 16.6. The lowest BCUT2D eigenvalue weighted by Crippen LogP contribution is -2.20. The highest BCUT2D eigenvalue weighted by molar-refractivity contribution is 5.66. The van der Waals surface area contributed by atoms with Crippen LogP contribution in [0.3, 0.4) is 0 Å². The summed E-state index contributed by atoms with van der Waals surface area (Å²) in [5, 5.41) is 14.5. The van der Waals surface area contributed by atoms with Gasteiger partial charge in [0.15, 0.2) is 0 Å². The van der Waals surface area contributed by atoms with Gasteiger partial charge in [-0.1, -0.05) is 36.4 Å². The predicted molar refractivity (Wildman–Crippen MR) is 79.1 cm³/mol. The summed E-state index contributed by atoms with van der Waals surface area (Å²) in [5.41, 5.74) is 4.38.